The quantitative estimate of drug-likeness (QED) is 0.425. The second kappa shape index (κ2) is 6.00. The average molecular weight is 238 g/mol. The van der Waals surface area contributed by atoms with Gasteiger partial charge in [0.05, 0.1) is 6.54 Å². The van der Waals surface area contributed by atoms with Crippen molar-refractivity contribution in [3.63, 3.8) is 0 Å². The highest BCUT2D eigenvalue weighted by atomic mass is 16.1. The van der Waals surface area contributed by atoms with Crippen LogP contribution >= 0.6 is 0 Å². The van der Waals surface area contributed by atoms with E-state index in [4.69, 9.17) is 5.84 Å². The third-order valence-corrected chi connectivity index (χ3v) is 1.87. The van der Waals surface area contributed by atoms with Gasteiger partial charge in [-0.25, -0.2) is 15.8 Å². The minimum atomic E-state index is -0.0847. The summed E-state index contributed by atoms with van der Waals surface area (Å²) in [6.07, 6.45) is 0. The van der Waals surface area contributed by atoms with E-state index >= 15 is 0 Å². The van der Waals surface area contributed by atoms with Crippen molar-refractivity contribution in [1.82, 2.24) is 15.3 Å². The van der Waals surface area contributed by atoms with Crippen LogP contribution in [0, 0.1) is 6.92 Å². The maximum absolute atomic E-state index is 11.4. The van der Waals surface area contributed by atoms with Crippen molar-refractivity contribution in [3.8, 4) is 0 Å². The smallest absolute Gasteiger partial charge is 0.239 e. The molecular formula is C10H18N6O. The minimum absolute atomic E-state index is 0.0847. The van der Waals surface area contributed by atoms with E-state index in [0.717, 1.165) is 0 Å². The number of rotatable bonds is 5. The van der Waals surface area contributed by atoms with E-state index in [-0.39, 0.29) is 18.5 Å². The van der Waals surface area contributed by atoms with Gasteiger partial charge in [0.1, 0.15) is 17.5 Å². The second-order valence-electron chi connectivity index (χ2n) is 3.91. The molecule has 0 fully saturated rings. The van der Waals surface area contributed by atoms with Crippen molar-refractivity contribution in [3.05, 3.63) is 11.9 Å². The van der Waals surface area contributed by atoms with Crippen LogP contribution in [0.2, 0.25) is 0 Å². The van der Waals surface area contributed by atoms with Crippen molar-refractivity contribution in [2.45, 2.75) is 26.8 Å². The Hall–Kier alpha value is -1.89. The molecular weight excluding hydrogens is 220 g/mol. The molecule has 5 N–H and O–H groups in total. The molecule has 1 heterocycles. The Morgan fingerprint density at radius 2 is 2.06 bits per heavy atom. The monoisotopic (exact) mass is 238 g/mol. The highest BCUT2D eigenvalue weighted by Crippen LogP contribution is 2.09. The van der Waals surface area contributed by atoms with Gasteiger partial charge in [0.15, 0.2) is 0 Å². The predicted molar refractivity (Wildman–Crippen MR) is 66.3 cm³/mol. The van der Waals surface area contributed by atoms with Crippen LogP contribution in [-0.4, -0.2) is 28.5 Å². The van der Waals surface area contributed by atoms with E-state index in [9.17, 15) is 4.79 Å². The first-order valence-corrected chi connectivity index (χ1v) is 5.37. The molecule has 0 bridgehead atoms. The lowest BCUT2D eigenvalue weighted by molar-refractivity contribution is -0.119. The van der Waals surface area contributed by atoms with E-state index in [1.807, 2.05) is 13.8 Å². The lowest BCUT2D eigenvalue weighted by Gasteiger charge is -2.10. The van der Waals surface area contributed by atoms with E-state index in [0.29, 0.717) is 17.5 Å². The number of hydrogen-bond donors (Lipinski definition) is 4. The number of aromatic nitrogens is 2. The van der Waals surface area contributed by atoms with Crippen LogP contribution in [0.5, 0.6) is 0 Å². The summed E-state index contributed by atoms with van der Waals surface area (Å²) in [5, 5.41) is 5.68. The van der Waals surface area contributed by atoms with Gasteiger partial charge in [-0.05, 0) is 20.8 Å². The Bertz CT molecular complexity index is 392. The molecule has 0 aliphatic heterocycles. The Labute approximate surface area is 100 Å². The van der Waals surface area contributed by atoms with Gasteiger partial charge in [0, 0.05) is 12.1 Å². The van der Waals surface area contributed by atoms with Crippen LogP contribution in [0.3, 0.4) is 0 Å². The molecule has 0 spiro atoms. The first-order chi connectivity index (χ1) is 8.01. The van der Waals surface area contributed by atoms with Gasteiger partial charge in [-0.15, -0.1) is 0 Å². The van der Waals surface area contributed by atoms with Gasteiger partial charge in [0.2, 0.25) is 5.91 Å². The number of carbonyl (C=O) groups is 1. The van der Waals surface area contributed by atoms with Gasteiger partial charge in [-0.2, -0.15) is 0 Å². The zero-order valence-electron chi connectivity index (χ0n) is 10.2. The zero-order valence-corrected chi connectivity index (χ0v) is 10.2. The topological polar surface area (TPSA) is 105 Å². The van der Waals surface area contributed by atoms with E-state index in [1.54, 1.807) is 13.0 Å². The Kier molecular flexibility index (Phi) is 4.65. The molecule has 0 radical (unpaired) electrons. The predicted octanol–water partition coefficient (Wildman–Crippen LogP) is 0.00712. The van der Waals surface area contributed by atoms with Gasteiger partial charge in [-0.1, -0.05) is 0 Å². The molecule has 0 saturated heterocycles. The summed E-state index contributed by atoms with van der Waals surface area (Å²) in [5.41, 5.74) is 2.44. The van der Waals surface area contributed by atoms with Crippen LogP contribution in [0.4, 0.5) is 11.6 Å². The lowest BCUT2D eigenvalue weighted by atomic mass is 10.4. The van der Waals surface area contributed by atoms with E-state index < -0.39 is 0 Å². The summed E-state index contributed by atoms with van der Waals surface area (Å²) in [6.45, 7) is 5.73. The molecule has 0 unspecified atom stereocenters. The number of hydrazine groups is 1. The van der Waals surface area contributed by atoms with Crippen molar-refractivity contribution in [1.29, 1.82) is 0 Å². The molecule has 1 aromatic rings. The number of aryl methyl sites for hydroxylation is 1. The van der Waals surface area contributed by atoms with Gasteiger partial charge in [-0.3, -0.25) is 4.79 Å². The SMILES string of the molecule is Cc1nc(NN)cc(NCC(=O)NC(C)C)n1. The third-order valence-electron chi connectivity index (χ3n) is 1.87. The van der Waals surface area contributed by atoms with Crippen LogP contribution in [0.1, 0.15) is 19.7 Å². The maximum atomic E-state index is 11.4. The second-order valence-corrected chi connectivity index (χ2v) is 3.91. The molecule has 0 aliphatic carbocycles. The molecule has 0 saturated carbocycles. The van der Waals surface area contributed by atoms with Crippen molar-refractivity contribution in [2.75, 3.05) is 17.3 Å². The standard InChI is InChI=1S/C10H18N6O/c1-6(2)13-10(17)5-12-8-4-9(16-11)15-7(3)14-8/h4,6H,5,11H2,1-3H3,(H,13,17)(H2,12,14,15,16). The fourth-order valence-electron chi connectivity index (χ4n) is 1.28. The average Bonchev–Trinajstić information content (AvgIpc) is 2.24. The van der Waals surface area contributed by atoms with E-state index in [2.05, 4.69) is 26.0 Å². The van der Waals surface area contributed by atoms with Gasteiger partial charge in [0.25, 0.3) is 0 Å². The molecule has 1 aromatic heterocycles. The van der Waals surface area contributed by atoms with E-state index in [1.165, 1.54) is 0 Å². The molecule has 0 aliphatic rings. The number of amides is 1. The molecule has 7 heteroatoms. The van der Waals surface area contributed by atoms with Crippen molar-refractivity contribution < 1.29 is 4.79 Å². The number of nitrogens with one attached hydrogen (secondary N) is 3. The largest absolute Gasteiger partial charge is 0.361 e. The number of nitrogen functional groups attached to an aromatic ring is 1. The van der Waals surface area contributed by atoms with Gasteiger partial charge < -0.3 is 16.1 Å². The number of nitrogens with two attached hydrogens (primary N) is 1. The fourth-order valence-corrected chi connectivity index (χ4v) is 1.28. The fraction of sp³-hybridized carbons (Fsp3) is 0.500. The third kappa shape index (κ3) is 4.64. The van der Waals surface area contributed by atoms with Crippen molar-refractivity contribution >= 4 is 17.5 Å². The molecule has 0 atom stereocenters. The summed E-state index contributed by atoms with van der Waals surface area (Å²) >= 11 is 0. The highest BCUT2D eigenvalue weighted by Gasteiger charge is 2.05. The summed E-state index contributed by atoms with van der Waals surface area (Å²) in [4.78, 5) is 19.6. The molecule has 0 aromatic carbocycles. The molecule has 94 valence electrons. The van der Waals surface area contributed by atoms with Crippen LogP contribution < -0.4 is 21.9 Å². The zero-order chi connectivity index (χ0) is 12.8. The Balaban J connectivity index is 2.57. The van der Waals surface area contributed by atoms with Gasteiger partial charge >= 0.3 is 0 Å². The number of carbonyl (C=O) groups excluding carboxylic acids is 1. The summed E-state index contributed by atoms with van der Waals surface area (Å²) in [6, 6.07) is 1.76. The van der Waals surface area contributed by atoms with Crippen LogP contribution in [0.15, 0.2) is 6.07 Å². The molecule has 17 heavy (non-hydrogen) atoms. The summed E-state index contributed by atoms with van der Waals surface area (Å²) < 4.78 is 0. The number of nitrogens with zero attached hydrogens (tertiary/aromatic N) is 2. The maximum Gasteiger partial charge on any atom is 0.239 e. The first-order valence-electron chi connectivity index (χ1n) is 5.37. The normalized spacial score (nSPS) is 10.2. The lowest BCUT2D eigenvalue weighted by Crippen LogP contribution is -2.35. The minimum Gasteiger partial charge on any atom is -0.361 e. The Morgan fingerprint density at radius 1 is 1.41 bits per heavy atom. The molecule has 1 amide bonds. The molecule has 7 nitrogen and oxygen atoms in total. The Morgan fingerprint density at radius 3 is 2.65 bits per heavy atom. The van der Waals surface area contributed by atoms with Crippen LogP contribution in [-0.2, 0) is 4.79 Å². The first kappa shape index (κ1) is 13.2. The van der Waals surface area contributed by atoms with Crippen molar-refractivity contribution in [2.24, 2.45) is 5.84 Å². The number of hydrogen-bond acceptors (Lipinski definition) is 6. The summed E-state index contributed by atoms with van der Waals surface area (Å²) in [7, 11) is 0. The highest BCUT2D eigenvalue weighted by molar-refractivity contribution is 5.80. The number of anilines is 2. The van der Waals surface area contributed by atoms with Crippen LogP contribution in [0.25, 0.3) is 0 Å². The summed E-state index contributed by atoms with van der Waals surface area (Å²) in [5.74, 6) is 6.82. The molecule has 1 rings (SSSR count).